The molecule has 1 fully saturated rings. The molecule has 0 bridgehead atoms. The number of H-pyrrole nitrogens is 2. The molecule has 0 aliphatic carbocycles. The van der Waals surface area contributed by atoms with Gasteiger partial charge in [-0.3, -0.25) is 0 Å². The maximum atomic E-state index is 13.3. The van der Waals surface area contributed by atoms with Crippen molar-refractivity contribution in [1.29, 1.82) is 0 Å². The number of halogens is 1. The molecule has 4 aromatic rings. The van der Waals surface area contributed by atoms with Crippen LogP contribution in [0.25, 0.3) is 21.8 Å². The third-order valence-electron chi connectivity index (χ3n) is 6.24. The molecule has 5 rings (SSSR count). The van der Waals surface area contributed by atoms with Crippen molar-refractivity contribution < 1.29 is 9.18 Å². The fourth-order valence-electron chi connectivity index (χ4n) is 4.61. The van der Waals surface area contributed by atoms with Gasteiger partial charge in [0.15, 0.2) is 0 Å². The van der Waals surface area contributed by atoms with Crippen LogP contribution in [0.3, 0.4) is 0 Å². The smallest absolute Gasteiger partial charge is 0.317 e. The van der Waals surface area contributed by atoms with Crippen LogP contribution < -0.4 is 5.32 Å². The maximum Gasteiger partial charge on any atom is 0.317 e. The van der Waals surface area contributed by atoms with Crippen molar-refractivity contribution in [3.63, 3.8) is 0 Å². The maximum absolute atomic E-state index is 13.3. The highest BCUT2D eigenvalue weighted by Crippen LogP contribution is 2.33. The highest BCUT2D eigenvalue weighted by atomic mass is 19.1. The molecule has 0 atom stereocenters. The Morgan fingerprint density at radius 2 is 1.83 bits per heavy atom. The Balaban J connectivity index is 1.14. The average Bonchev–Trinajstić information content (AvgIpc) is 3.38. The Morgan fingerprint density at radius 1 is 1.03 bits per heavy atom. The number of likely N-dealkylation sites (tertiary alicyclic amines) is 1. The molecule has 0 spiro atoms. The summed E-state index contributed by atoms with van der Waals surface area (Å²) in [5.74, 6) is 0.233. The second-order valence-electron chi connectivity index (χ2n) is 8.04. The summed E-state index contributed by atoms with van der Waals surface area (Å²) in [5.41, 5.74) is 4.41. The van der Waals surface area contributed by atoms with Gasteiger partial charge in [0, 0.05) is 53.8 Å². The van der Waals surface area contributed by atoms with E-state index in [1.807, 2.05) is 17.2 Å². The lowest BCUT2D eigenvalue weighted by Gasteiger charge is -2.32. The van der Waals surface area contributed by atoms with E-state index in [9.17, 15) is 9.18 Å². The Morgan fingerprint density at radius 3 is 2.70 bits per heavy atom. The summed E-state index contributed by atoms with van der Waals surface area (Å²) in [4.78, 5) is 21.0. The van der Waals surface area contributed by atoms with Crippen LogP contribution in [0.2, 0.25) is 0 Å². The van der Waals surface area contributed by atoms with Crippen LogP contribution in [0, 0.1) is 5.82 Å². The van der Waals surface area contributed by atoms with E-state index in [4.69, 9.17) is 0 Å². The number of amides is 2. The van der Waals surface area contributed by atoms with Crippen molar-refractivity contribution in [2.45, 2.75) is 25.2 Å². The van der Waals surface area contributed by atoms with Gasteiger partial charge in [0.1, 0.15) is 5.82 Å². The minimum Gasteiger partial charge on any atom is -0.361 e. The number of aromatic amines is 2. The lowest BCUT2D eigenvalue weighted by atomic mass is 9.89. The number of piperidine rings is 1. The van der Waals surface area contributed by atoms with Crippen molar-refractivity contribution in [1.82, 2.24) is 20.2 Å². The van der Waals surface area contributed by atoms with E-state index in [0.717, 1.165) is 42.4 Å². The van der Waals surface area contributed by atoms with Gasteiger partial charge in [-0.15, -0.1) is 0 Å². The number of rotatable bonds is 4. The zero-order valence-corrected chi connectivity index (χ0v) is 16.7. The molecule has 3 heterocycles. The summed E-state index contributed by atoms with van der Waals surface area (Å²) in [6, 6.07) is 13.1. The molecule has 6 heteroatoms. The Bertz CT molecular complexity index is 1190. The zero-order valence-electron chi connectivity index (χ0n) is 16.7. The van der Waals surface area contributed by atoms with Gasteiger partial charge in [-0.25, -0.2) is 9.18 Å². The van der Waals surface area contributed by atoms with Gasteiger partial charge in [0.2, 0.25) is 0 Å². The number of benzene rings is 2. The number of hydrogen-bond donors (Lipinski definition) is 3. The van der Waals surface area contributed by atoms with Crippen LogP contribution in [0.5, 0.6) is 0 Å². The zero-order chi connectivity index (χ0) is 20.5. The lowest BCUT2D eigenvalue weighted by molar-refractivity contribution is 0.181. The standard InChI is InChI=1S/C24H25FN4O/c25-18-5-6-19-17(14-27-23(19)13-18)7-10-26-24(30)29-11-8-16(9-12-29)21-15-28-22-4-2-1-3-20(21)22/h1-6,13-16,27-28H,7-12H2,(H,26,30). The summed E-state index contributed by atoms with van der Waals surface area (Å²) in [7, 11) is 0. The van der Waals surface area contributed by atoms with Crippen LogP contribution in [0.4, 0.5) is 9.18 Å². The highest BCUT2D eigenvalue weighted by molar-refractivity contribution is 5.84. The average molecular weight is 404 g/mol. The van der Waals surface area contributed by atoms with Gasteiger partial charge < -0.3 is 20.2 Å². The van der Waals surface area contributed by atoms with E-state index >= 15 is 0 Å². The minimum absolute atomic E-state index is 0.00161. The first-order valence-corrected chi connectivity index (χ1v) is 10.5. The third-order valence-corrected chi connectivity index (χ3v) is 6.24. The fraction of sp³-hybridized carbons (Fsp3) is 0.292. The van der Waals surface area contributed by atoms with Gasteiger partial charge >= 0.3 is 6.03 Å². The molecule has 0 radical (unpaired) electrons. The fourth-order valence-corrected chi connectivity index (χ4v) is 4.61. The number of carbonyl (C=O) groups excluding carboxylic acids is 1. The molecule has 2 aromatic heterocycles. The number of carbonyl (C=O) groups is 1. The molecule has 2 aromatic carbocycles. The van der Waals surface area contributed by atoms with Crippen molar-refractivity contribution >= 4 is 27.8 Å². The summed E-state index contributed by atoms with van der Waals surface area (Å²) >= 11 is 0. The first-order valence-electron chi connectivity index (χ1n) is 10.5. The molecule has 5 nitrogen and oxygen atoms in total. The predicted molar refractivity (Wildman–Crippen MR) is 117 cm³/mol. The third kappa shape index (κ3) is 3.54. The Labute approximate surface area is 174 Å². The highest BCUT2D eigenvalue weighted by Gasteiger charge is 2.25. The minimum atomic E-state index is -0.250. The molecule has 2 amide bonds. The lowest BCUT2D eigenvalue weighted by Crippen LogP contribution is -2.44. The first-order chi connectivity index (χ1) is 14.7. The monoisotopic (exact) mass is 404 g/mol. The second kappa shape index (κ2) is 7.86. The van der Waals surface area contributed by atoms with Crippen molar-refractivity contribution in [2.75, 3.05) is 19.6 Å². The normalized spacial score (nSPS) is 15.2. The summed E-state index contributed by atoms with van der Waals surface area (Å²) in [6.45, 7) is 2.09. The molecule has 3 N–H and O–H groups in total. The second-order valence-corrected chi connectivity index (χ2v) is 8.04. The SMILES string of the molecule is O=C(NCCc1c[nH]c2cc(F)ccc12)N1CCC(c2c[nH]c3ccccc23)CC1. The van der Waals surface area contributed by atoms with Gasteiger partial charge in [-0.2, -0.15) is 0 Å². The molecule has 1 aliphatic heterocycles. The number of nitrogens with one attached hydrogen (secondary N) is 3. The van der Waals surface area contributed by atoms with E-state index in [-0.39, 0.29) is 11.8 Å². The molecule has 0 unspecified atom stereocenters. The number of para-hydroxylation sites is 1. The van der Waals surface area contributed by atoms with Gasteiger partial charge in [0.05, 0.1) is 0 Å². The largest absolute Gasteiger partial charge is 0.361 e. The molecule has 1 saturated heterocycles. The van der Waals surface area contributed by atoms with Crippen molar-refractivity contribution in [3.8, 4) is 0 Å². The molecule has 30 heavy (non-hydrogen) atoms. The first kappa shape index (κ1) is 18.7. The van der Waals surface area contributed by atoms with Gasteiger partial charge in [-0.1, -0.05) is 18.2 Å². The van der Waals surface area contributed by atoms with Crippen molar-refractivity contribution in [2.24, 2.45) is 0 Å². The molecule has 1 aliphatic rings. The molecular weight excluding hydrogens is 379 g/mol. The van der Waals surface area contributed by atoms with Gasteiger partial charge in [0.25, 0.3) is 0 Å². The number of fused-ring (bicyclic) bond motifs is 2. The van der Waals surface area contributed by atoms with Crippen molar-refractivity contribution in [3.05, 3.63) is 71.8 Å². The number of nitrogens with zero attached hydrogens (tertiary/aromatic N) is 1. The summed E-state index contributed by atoms with van der Waals surface area (Å²) < 4.78 is 13.3. The number of aromatic nitrogens is 2. The van der Waals surface area contributed by atoms with Crippen LogP contribution in [0.1, 0.15) is 29.9 Å². The van der Waals surface area contributed by atoms with E-state index in [2.05, 4.69) is 39.7 Å². The van der Waals surface area contributed by atoms with Crippen LogP contribution in [-0.4, -0.2) is 40.5 Å². The van der Waals surface area contributed by atoms with E-state index in [1.54, 1.807) is 6.07 Å². The quantitative estimate of drug-likeness (QED) is 0.444. The van der Waals surface area contributed by atoms with Crippen LogP contribution in [-0.2, 0) is 6.42 Å². The molecular formula is C24H25FN4O. The summed E-state index contributed by atoms with van der Waals surface area (Å²) in [5, 5.41) is 5.33. The van der Waals surface area contributed by atoms with E-state index < -0.39 is 0 Å². The number of hydrogen-bond acceptors (Lipinski definition) is 1. The number of urea groups is 1. The Kier molecular flexibility index (Phi) is 4.91. The molecule has 154 valence electrons. The summed E-state index contributed by atoms with van der Waals surface area (Å²) in [6.07, 6.45) is 6.68. The van der Waals surface area contributed by atoms with E-state index in [1.165, 1.54) is 28.6 Å². The van der Waals surface area contributed by atoms with Crippen LogP contribution >= 0.6 is 0 Å². The van der Waals surface area contributed by atoms with Crippen LogP contribution in [0.15, 0.2) is 54.9 Å². The Hall–Kier alpha value is -3.28. The van der Waals surface area contributed by atoms with E-state index in [0.29, 0.717) is 18.9 Å². The van der Waals surface area contributed by atoms with Gasteiger partial charge in [-0.05, 0) is 60.6 Å². The molecule has 0 saturated carbocycles. The predicted octanol–water partition coefficient (Wildman–Crippen LogP) is 4.92. The topological polar surface area (TPSA) is 63.9 Å².